The minimum absolute atomic E-state index is 0.338. The Bertz CT molecular complexity index is 341. The SMILES string of the molecule is Nc1ccnc(N2CCC(=O)CC2)c1. The van der Waals surface area contributed by atoms with E-state index in [1.807, 2.05) is 6.07 Å². The number of aromatic nitrogens is 1. The zero-order valence-electron chi connectivity index (χ0n) is 7.94. The summed E-state index contributed by atoms with van der Waals surface area (Å²) in [4.78, 5) is 17.4. The van der Waals surface area contributed by atoms with Crippen LogP contribution in [0.2, 0.25) is 0 Å². The van der Waals surface area contributed by atoms with Crippen LogP contribution in [0.5, 0.6) is 0 Å². The number of pyridine rings is 1. The van der Waals surface area contributed by atoms with E-state index in [-0.39, 0.29) is 0 Å². The standard InChI is InChI=1S/C10H13N3O/c11-8-1-4-12-10(7-8)13-5-2-9(14)3-6-13/h1,4,7H,2-3,5-6H2,(H2,11,12). The molecule has 2 N–H and O–H groups in total. The molecule has 4 nitrogen and oxygen atoms in total. The molecule has 4 heteroatoms. The third-order valence-electron chi connectivity index (χ3n) is 2.41. The lowest BCUT2D eigenvalue weighted by atomic mass is 10.1. The first-order valence-corrected chi connectivity index (χ1v) is 4.74. The van der Waals surface area contributed by atoms with Gasteiger partial charge in [0.05, 0.1) is 0 Å². The van der Waals surface area contributed by atoms with Gasteiger partial charge in [-0.05, 0) is 6.07 Å². The molecule has 1 aliphatic rings. The highest BCUT2D eigenvalue weighted by Crippen LogP contribution is 2.17. The second-order valence-electron chi connectivity index (χ2n) is 3.47. The lowest BCUT2D eigenvalue weighted by Gasteiger charge is -2.26. The smallest absolute Gasteiger partial charge is 0.136 e. The number of hydrogen-bond acceptors (Lipinski definition) is 4. The van der Waals surface area contributed by atoms with E-state index in [4.69, 9.17) is 5.73 Å². The van der Waals surface area contributed by atoms with Crippen LogP contribution >= 0.6 is 0 Å². The van der Waals surface area contributed by atoms with Gasteiger partial charge in [-0.2, -0.15) is 0 Å². The molecule has 0 unspecified atom stereocenters. The van der Waals surface area contributed by atoms with Crippen molar-refractivity contribution in [3.63, 3.8) is 0 Å². The van der Waals surface area contributed by atoms with E-state index in [1.165, 1.54) is 0 Å². The summed E-state index contributed by atoms with van der Waals surface area (Å²) in [6.07, 6.45) is 2.94. The molecule has 0 saturated carbocycles. The average Bonchev–Trinajstić information content (AvgIpc) is 2.19. The van der Waals surface area contributed by atoms with E-state index in [2.05, 4.69) is 9.88 Å². The van der Waals surface area contributed by atoms with Gasteiger partial charge in [0.2, 0.25) is 0 Å². The maximum atomic E-state index is 11.0. The molecular formula is C10H13N3O. The number of piperidine rings is 1. The van der Waals surface area contributed by atoms with Crippen molar-refractivity contribution in [2.45, 2.75) is 12.8 Å². The molecule has 0 aliphatic carbocycles. The van der Waals surface area contributed by atoms with Gasteiger partial charge in [0.1, 0.15) is 11.6 Å². The molecule has 2 rings (SSSR count). The Morgan fingerprint density at radius 1 is 1.36 bits per heavy atom. The van der Waals surface area contributed by atoms with Gasteiger partial charge >= 0.3 is 0 Å². The fourth-order valence-corrected chi connectivity index (χ4v) is 1.59. The molecule has 1 aromatic rings. The first-order valence-electron chi connectivity index (χ1n) is 4.74. The average molecular weight is 191 g/mol. The number of rotatable bonds is 1. The van der Waals surface area contributed by atoms with Crippen LogP contribution in [-0.2, 0) is 4.79 Å². The van der Waals surface area contributed by atoms with Crippen molar-refractivity contribution in [2.75, 3.05) is 23.7 Å². The number of Topliss-reactive ketones (excluding diaryl/α,β-unsaturated/α-hetero) is 1. The molecule has 14 heavy (non-hydrogen) atoms. The molecule has 0 spiro atoms. The normalized spacial score (nSPS) is 17.1. The number of carbonyl (C=O) groups excluding carboxylic acids is 1. The summed E-state index contributed by atoms with van der Waals surface area (Å²) in [5, 5.41) is 0. The van der Waals surface area contributed by atoms with Gasteiger partial charge in [0.25, 0.3) is 0 Å². The molecule has 0 bridgehead atoms. The van der Waals surface area contributed by atoms with E-state index in [9.17, 15) is 4.79 Å². The molecule has 0 amide bonds. The number of nitrogens with two attached hydrogens (primary N) is 1. The van der Waals surface area contributed by atoms with Gasteiger partial charge in [-0.3, -0.25) is 4.79 Å². The monoisotopic (exact) mass is 191 g/mol. The quantitative estimate of drug-likeness (QED) is 0.714. The van der Waals surface area contributed by atoms with Crippen molar-refractivity contribution < 1.29 is 4.79 Å². The maximum absolute atomic E-state index is 11.0. The van der Waals surface area contributed by atoms with Crippen molar-refractivity contribution in [3.8, 4) is 0 Å². The molecule has 0 atom stereocenters. The highest BCUT2D eigenvalue weighted by atomic mass is 16.1. The largest absolute Gasteiger partial charge is 0.399 e. The van der Waals surface area contributed by atoms with E-state index < -0.39 is 0 Å². The van der Waals surface area contributed by atoms with Gasteiger partial charge in [0, 0.05) is 43.9 Å². The first kappa shape index (κ1) is 8.99. The van der Waals surface area contributed by atoms with Gasteiger partial charge < -0.3 is 10.6 Å². The van der Waals surface area contributed by atoms with Crippen LogP contribution < -0.4 is 10.6 Å². The predicted octanol–water partition coefficient (Wildman–Crippen LogP) is 0.833. The van der Waals surface area contributed by atoms with Crippen molar-refractivity contribution in [1.29, 1.82) is 0 Å². The molecule has 0 aromatic carbocycles. The summed E-state index contributed by atoms with van der Waals surface area (Å²) in [6, 6.07) is 3.61. The molecule has 2 heterocycles. The van der Waals surface area contributed by atoms with Crippen LogP contribution in [0.15, 0.2) is 18.3 Å². The molecule has 74 valence electrons. The Morgan fingerprint density at radius 2 is 2.07 bits per heavy atom. The Hall–Kier alpha value is -1.58. The molecule has 0 radical (unpaired) electrons. The van der Waals surface area contributed by atoms with E-state index >= 15 is 0 Å². The lowest BCUT2D eigenvalue weighted by molar-refractivity contribution is -0.119. The Labute approximate surface area is 82.7 Å². The number of ketones is 1. The van der Waals surface area contributed by atoms with Crippen LogP contribution in [0.3, 0.4) is 0 Å². The van der Waals surface area contributed by atoms with Gasteiger partial charge in [-0.15, -0.1) is 0 Å². The second-order valence-corrected chi connectivity index (χ2v) is 3.47. The fraction of sp³-hybridized carbons (Fsp3) is 0.400. The fourth-order valence-electron chi connectivity index (χ4n) is 1.59. The van der Waals surface area contributed by atoms with E-state index in [0.717, 1.165) is 18.9 Å². The maximum Gasteiger partial charge on any atom is 0.136 e. The Morgan fingerprint density at radius 3 is 2.71 bits per heavy atom. The van der Waals surface area contributed by atoms with E-state index in [1.54, 1.807) is 12.3 Å². The summed E-state index contributed by atoms with van der Waals surface area (Å²) in [5.41, 5.74) is 6.37. The summed E-state index contributed by atoms with van der Waals surface area (Å²) in [5.74, 6) is 1.21. The van der Waals surface area contributed by atoms with Crippen molar-refractivity contribution >= 4 is 17.3 Å². The molecule has 1 aromatic heterocycles. The second kappa shape index (κ2) is 3.65. The first-order chi connectivity index (χ1) is 6.75. The van der Waals surface area contributed by atoms with Gasteiger partial charge in [0.15, 0.2) is 0 Å². The molecule has 1 fully saturated rings. The minimum Gasteiger partial charge on any atom is -0.399 e. The Kier molecular flexibility index (Phi) is 2.35. The highest BCUT2D eigenvalue weighted by Gasteiger charge is 2.16. The van der Waals surface area contributed by atoms with Gasteiger partial charge in [-0.1, -0.05) is 0 Å². The van der Waals surface area contributed by atoms with Crippen LogP contribution in [0.4, 0.5) is 11.5 Å². The lowest BCUT2D eigenvalue weighted by Crippen LogP contribution is -2.34. The van der Waals surface area contributed by atoms with Crippen LogP contribution in [-0.4, -0.2) is 23.9 Å². The molecular weight excluding hydrogens is 178 g/mol. The van der Waals surface area contributed by atoms with Crippen LogP contribution in [0.25, 0.3) is 0 Å². The predicted molar refractivity (Wildman–Crippen MR) is 55.1 cm³/mol. The summed E-state index contributed by atoms with van der Waals surface area (Å²) in [7, 11) is 0. The minimum atomic E-state index is 0.338. The third kappa shape index (κ3) is 1.84. The summed E-state index contributed by atoms with van der Waals surface area (Å²) < 4.78 is 0. The zero-order chi connectivity index (χ0) is 9.97. The molecule has 1 saturated heterocycles. The number of hydrogen-bond donors (Lipinski definition) is 1. The van der Waals surface area contributed by atoms with Crippen molar-refractivity contribution in [2.24, 2.45) is 0 Å². The number of carbonyl (C=O) groups is 1. The molecule has 1 aliphatic heterocycles. The van der Waals surface area contributed by atoms with Crippen molar-refractivity contribution in [1.82, 2.24) is 4.98 Å². The van der Waals surface area contributed by atoms with Crippen LogP contribution in [0, 0.1) is 0 Å². The number of anilines is 2. The number of nitrogens with zero attached hydrogens (tertiary/aromatic N) is 2. The summed E-state index contributed by atoms with van der Waals surface area (Å²) in [6.45, 7) is 1.52. The third-order valence-corrected chi connectivity index (χ3v) is 2.41. The van der Waals surface area contributed by atoms with E-state index in [0.29, 0.717) is 24.3 Å². The zero-order valence-corrected chi connectivity index (χ0v) is 7.94. The Balaban J connectivity index is 2.12. The van der Waals surface area contributed by atoms with Gasteiger partial charge in [-0.25, -0.2) is 4.98 Å². The highest BCUT2D eigenvalue weighted by molar-refractivity contribution is 5.80. The topological polar surface area (TPSA) is 59.2 Å². The van der Waals surface area contributed by atoms with Crippen molar-refractivity contribution in [3.05, 3.63) is 18.3 Å². The van der Waals surface area contributed by atoms with Crippen LogP contribution in [0.1, 0.15) is 12.8 Å². The summed E-state index contributed by atoms with van der Waals surface area (Å²) >= 11 is 0. The number of nitrogen functional groups attached to an aromatic ring is 1.